The van der Waals surface area contributed by atoms with Crippen LogP contribution in [0, 0.1) is 11.8 Å². The molecule has 0 aromatic heterocycles. The normalized spacial score (nSPS) is 29.2. The molecule has 21 heavy (non-hydrogen) atoms. The number of nitrogens with zero attached hydrogens (tertiary/aromatic N) is 1. The molecule has 1 saturated heterocycles. The van der Waals surface area contributed by atoms with Crippen molar-refractivity contribution in [2.45, 2.75) is 65.0 Å². The lowest BCUT2D eigenvalue weighted by atomic mass is 9.79. The summed E-state index contributed by atoms with van der Waals surface area (Å²) in [5, 5.41) is 3.45. The first-order valence-corrected chi connectivity index (χ1v) is 8.71. The average molecular weight is 296 g/mol. The SMILES string of the molecule is CCOC1CC(CC(=O)N(CC2CCCNC2)C(C)C)C1. The molecule has 2 fully saturated rings. The molecule has 0 aromatic rings. The summed E-state index contributed by atoms with van der Waals surface area (Å²) in [7, 11) is 0. The number of hydrogen-bond donors (Lipinski definition) is 1. The summed E-state index contributed by atoms with van der Waals surface area (Å²) < 4.78 is 5.59. The second kappa shape index (κ2) is 8.14. The van der Waals surface area contributed by atoms with Crippen molar-refractivity contribution in [3.63, 3.8) is 0 Å². The minimum Gasteiger partial charge on any atom is -0.378 e. The summed E-state index contributed by atoms with van der Waals surface area (Å²) >= 11 is 0. The number of carbonyl (C=O) groups is 1. The van der Waals surface area contributed by atoms with E-state index in [2.05, 4.69) is 24.1 Å². The molecule has 0 bridgehead atoms. The van der Waals surface area contributed by atoms with Crippen LogP contribution in [-0.4, -0.2) is 49.2 Å². The van der Waals surface area contributed by atoms with Crippen LogP contribution in [0.5, 0.6) is 0 Å². The van der Waals surface area contributed by atoms with E-state index in [0.29, 0.717) is 36.3 Å². The molecular formula is C17H32N2O2. The number of nitrogens with one attached hydrogen (secondary N) is 1. The molecule has 0 radical (unpaired) electrons. The molecule has 1 heterocycles. The van der Waals surface area contributed by atoms with E-state index in [0.717, 1.165) is 39.1 Å². The smallest absolute Gasteiger partial charge is 0.223 e. The Morgan fingerprint density at radius 3 is 2.67 bits per heavy atom. The monoisotopic (exact) mass is 296 g/mol. The molecule has 1 N–H and O–H groups in total. The van der Waals surface area contributed by atoms with E-state index in [1.165, 1.54) is 12.8 Å². The maximum Gasteiger partial charge on any atom is 0.223 e. The van der Waals surface area contributed by atoms with Crippen molar-refractivity contribution >= 4 is 5.91 Å². The molecule has 1 aliphatic heterocycles. The quantitative estimate of drug-likeness (QED) is 0.784. The van der Waals surface area contributed by atoms with Crippen LogP contribution in [0.25, 0.3) is 0 Å². The number of piperidine rings is 1. The Balaban J connectivity index is 1.76. The first kappa shape index (κ1) is 16.8. The minimum atomic E-state index is 0.308. The van der Waals surface area contributed by atoms with Gasteiger partial charge in [-0.1, -0.05) is 0 Å². The Morgan fingerprint density at radius 1 is 1.33 bits per heavy atom. The van der Waals surface area contributed by atoms with Gasteiger partial charge in [-0.2, -0.15) is 0 Å². The standard InChI is InChI=1S/C17H32N2O2/c1-4-21-16-8-15(9-16)10-17(20)19(13(2)3)12-14-6-5-7-18-11-14/h13-16,18H,4-12H2,1-3H3. The van der Waals surface area contributed by atoms with Crippen molar-refractivity contribution in [3.8, 4) is 0 Å². The third-order valence-corrected chi connectivity index (χ3v) is 4.86. The zero-order chi connectivity index (χ0) is 15.2. The van der Waals surface area contributed by atoms with Crippen molar-refractivity contribution in [1.82, 2.24) is 10.2 Å². The van der Waals surface area contributed by atoms with Gasteiger partial charge in [-0.25, -0.2) is 0 Å². The Hall–Kier alpha value is -0.610. The molecule has 0 spiro atoms. The summed E-state index contributed by atoms with van der Waals surface area (Å²) in [6.45, 7) is 10.2. The summed E-state index contributed by atoms with van der Waals surface area (Å²) in [5.41, 5.74) is 0. The van der Waals surface area contributed by atoms with E-state index in [1.54, 1.807) is 0 Å². The lowest BCUT2D eigenvalue weighted by Crippen LogP contribution is -2.45. The van der Waals surface area contributed by atoms with E-state index >= 15 is 0 Å². The van der Waals surface area contributed by atoms with Crippen LogP contribution in [-0.2, 0) is 9.53 Å². The minimum absolute atomic E-state index is 0.308. The first-order chi connectivity index (χ1) is 10.1. The fourth-order valence-corrected chi connectivity index (χ4v) is 3.54. The number of hydrogen-bond acceptors (Lipinski definition) is 3. The fourth-order valence-electron chi connectivity index (χ4n) is 3.54. The van der Waals surface area contributed by atoms with Crippen LogP contribution in [0.15, 0.2) is 0 Å². The van der Waals surface area contributed by atoms with E-state index in [1.807, 2.05) is 6.92 Å². The molecule has 1 aliphatic carbocycles. The van der Waals surface area contributed by atoms with E-state index in [-0.39, 0.29) is 0 Å². The number of carbonyl (C=O) groups excluding carboxylic acids is 1. The third-order valence-electron chi connectivity index (χ3n) is 4.86. The maximum absolute atomic E-state index is 12.6. The molecule has 1 unspecified atom stereocenters. The largest absolute Gasteiger partial charge is 0.378 e. The Labute approximate surface area is 129 Å². The average Bonchev–Trinajstić information content (AvgIpc) is 2.43. The second-order valence-electron chi connectivity index (χ2n) is 6.97. The maximum atomic E-state index is 12.6. The van der Waals surface area contributed by atoms with Crippen LogP contribution >= 0.6 is 0 Å². The molecule has 1 amide bonds. The highest BCUT2D eigenvalue weighted by molar-refractivity contribution is 5.76. The van der Waals surface area contributed by atoms with Gasteiger partial charge in [-0.05, 0) is 71.4 Å². The van der Waals surface area contributed by atoms with Crippen LogP contribution in [0.1, 0.15) is 52.9 Å². The number of rotatable bonds is 7. The van der Waals surface area contributed by atoms with Crippen molar-refractivity contribution in [1.29, 1.82) is 0 Å². The van der Waals surface area contributed by atoms with Crippen LogP contribution in [0.4, 0.5) is 0 Å². The number of amides is 1. The topological polar surface area (TPSA) is 41.6 Å². The van der Waals surface area contributed by atoms with Gasteiger partial charge >= 0.3 is 0 Å². The molecule has 4 nitrogen and oxygen atoms in total. The first-order valence-electron chi connectivity index (χ1n) is 8.71. The molecule has 2 aliphatic rings. The van der Waals surface area contributed by atoms with Gasteiger partial charge in [-0.15, -0.1) is 0 Å². The summed E-state index contributed by atoms with van der Waals surface area (Å²) in [6, 6.07) is 0.308. The van der Waals surface area contributed by atoms with Gasteiger partial charge in [0.25, 0.3) is 0 Å². The van der Waals surface area contributed by atoms with Crippen LogP contribution in [0.3, 0.4) is 0 Å². The van der Waals surface area contributed by atoms with Crippen molar-refractivity contribution < 1.29 is 9.53 Å². The van der Waals surface area contributed by atoms with Gasteiger partial charge in [0, 0.05) is 25.6 Å². The molecular weight excluding hydrogens is 264 g/mol. The molecule has 1 saturated carbocycles. The molecule has 122 valence electrons. The van der Waals surface area contributed by atoms with E-state index in [4.69, 9.17) is 4.74 Å². The molecule has 4 heteroatoms. The lowest BCUT2D eigenvalue weighted by molar-refractivity contribution is -0.137. The zero-order valence-electron chi connectivity index (χ0n) is 13.9. The van der Waals surface area contributed by atoms with Crippen molar-refractivity contribution in [3.05, 3.63) is 0 Å². The highest BCUT2D eigenvalue weighted by Crippen LogP contribution is 2.33. The summed E-state index contributed by atoms with van der Waals surface area (Å²) in [5.74, 6) is 1.51. The highest BCUT2D eigenvalue weighted by Gasteiger charge is 2.33. The van der Waals surface area contributed by atoms with Crippen molar-refractivity contribution in [2.75, 3.05) is 26.2 Å². The molecule has 2 rings (SSSR count). The summed E-state index contributed by atoms with van der Waals surface area (Å²) in [4.78, 5) is 14.7. The second-order valence-corrected chi connectivity index (χ2v) is 6.97. The van der Waals surface area contributed by atoms with Crippen molar-refractivity contribution in [2.24, 2.45) is 11.8 Å². The Kier molecular flexibility index (Phi) is 6.49. The van der Waals surface area contributed by atoms with E-state index in [9.17, 15) is 4.79 Å². The van der Waals surface area contributed by atoms with Gasteiger partial charge in [0.2, 0.25) is 5.91 Å². The van der Waals surface area contributed by atoms with E-state index < -0.39 is 0 Å². The fraction of sp³-hybridized carbons (Fsp3) is 0.941. The number of ether oxygens (including phenoxy) is 1. The van der Waals surface area contributed by atoms with Gasteiger partial charge in [0.15, 0.2) is 0 Å². The van der Waals surface area contributed by atoms with Crippen LogP contribution in [0.2, 0.25) is 0 Å². The Bertz CT molecular complexity index is 321. The third kappa shape index (κ3) is 4.96. The van der Waals surface area contributed by atoms with Gasteiger partial charge in [0.1, 0.15) is 0 Å². The predicted molar refractivity (Wildman–Crippen MR) is 85.2 cm³/mol. The molecule has 1 atom stereocenters. The van der Waals surface area contributed by atoms with Gasteiger partial charge in [-0.3, -0.25) is 4.79 Å². The molecule has 0 aromatic carbocycles. The summed E-state index contributed by atoms with van der Waals surface area (Å²) in [6.07, 6.45) is 5.74. The zero-order valence-corrected chi connectivity index (χ0v) is 13.9. The van der Waals surface area contributed by atoms with Crippen LogP contribution < -0.4 is 5.32 Å². The van der Waals surface area contributed by atoms with Gasteiger partial charge < -0.3 is 15.0 Å². The Morgan fingerprint density at radius 2 is 2.10 bits per heavy atom. The predicted octanol–water partition coefficient (Wildman–Crippen LogP) is 2.43. The van der Waals surface area contributed by atoms with Gasteiger partial charge in [0.05, 0.1) is 6.10 Å². The highest BCUT2D eigenvalue weighted by atomic mass is 16.5. The lowest BCUT2D eigenvalue weighted by Gasteiger charge is -2.38.